The minimum atomic E-state index is -3.70. The molecule has 0 fully saturated rings. The average Bonchev–Trinajstić information content (AvgIpc) is 2.38. The number of phenolic OH excluding ortho intramolecular Hbond substituents is 1. The third-order valence-corrected chi connectivity index (χ3v) is 4.41. The molecule has 0 aromatic heterocycles. The van der Waals surface area contributed by atoms with Gasteiger partial charge in [0.25, 0.3) is 10.0 Å². The van der Waals surface area contributed by atoms with Crippen molar-refractivity contribution in [2.24, 2.45) is 0 Å². The Hall–Kier alpha value is -1.73. The zero-order valence-corrected chi connectivity index (χ0v) is 12.9. The molecule has 0 amide bonds. The van der Waals surface area contributed by atoms with Gasteiger partial charge >= 0.3 is 0 Å². The summed E-state index contributed by atoms with van der Waals surface area (Å²) in [4.78, 5) is 0.127. The number of hydrogen-bond acceptors (Lipinski definition) is 4. The Morgan fingerprint density at radius 1 is 1.20 bits per heavy atom. The molecule has 0 unspecified atom stereocenters. The van der Waals surface area contributed by atoms with Crippen molar-refractivity contribution in [1.29, 1.82) is 0 Å². The van der Waals surface area contributed by atoms with Crippen molar-refractivity contribution in [2.75, 3.05) is 11.8 Å². The van der Waals surface area contributed by atoms with Crippen LogP contribution < -0.4 is 9.46 Å². The van der Waals surface area contributed by atoms with Crippen LogP contribution in [0.5, 0.6) is 11.5 Å². The Morgan fingerprint density at radius 3 is 2.55 bits per heavy atom. The normalized spacial score (nSPS) is 11.1. The number of methoxy groups -OCH3 is 1. The predicted octanol–water partition coefficient (Wildman–Crippen LogP) is 2.96. The molecule has 0 saturated heterocycles. The lowest BCUT2D eigenvalue weighted by molar-refractivity contribution is 0.373. The van der Waals surface area contributed by atoms with Crippen LogP contribution in [-0.2, 0) is 10.0 Å². The minimum absolute atomic E-state index is 0.127. The number of sulfonamides is 1. The zero-order chi connectivity index (χ0) is 14.8. The molecule has 0 heterocycles. The number of ether oxygens (including phenoxy) is 1. The van der Waals surface area contributed by atoms with Crippen LogP contribution in [0.4, 0.5) is 5.69 Å². The predicted molar refractivity (Wildman–Crippen MR) is 79.6 cm³/mol. The molecule has 0 aliphatic rings. The molecular weight excluding hydrogens is 346 g/mol. The van der Waals surface area contributed by atoms with Gasteiger partial charge in [-0.15, -0.1) is 0 Å². The molecule has 2 aromatic rings. The van der Waals surface area contributed by atoms with Crippen LogP contribution in [0.2, 0.25) is 0 Å². The van der Waals surface area contributed by atoms with Gasteiger partial charge in [-0.05, 0) is 30.3 Å². The van der Waals surface area contributed by atoms with Crippen molar-refractivity contribution in [1.82, 2.24) is 0 Å². The molecule has 0 saturated carbocycles. The van der Waals surface area contributed by atoms with Crippen LogP contribution in [0.25, 0.3) is 0 Å². The number of rotatable bonds is 4. The Balaban J connectivity index is 2.31. The summed E-state index contributed by atoms with van der Waals surface area (Å²) in [6.45, 7) is 0. The molecule has 0 bridgehead atoms. The summed E-state index contributed by atoms with van der Waals surface area (Å²) in [6, 6.07) is 10.6. The molecule has 2 rings (SSSR count). The van der Waals surface area contributed by atoms with Crippen LogP contribution in [0, 0.1) is 0 Å². The highest BCUT2D eigenvalue weighted by molar-refractivity contribution is 9.10. The van der Waals surface area contributed by atoms with E-state index in [4.69, 9.17) is 4.74 Å². The van der Waals surface area contributed by atoms with Crippen molar-refractivity contribution < 1.29 is 18.3 Å². The number of anilines is 1. The van der Waals surface area contributed by atoms with E-state index in [1.807, 2.05) is 0 Å². The maximum Gasteiger partial charge on any atom is 0.261 e. The number of nitrogens with one attached hydrogen (secondary N) is 1. The van der Waals surface area contributed by atoms with Crippen molar-refractivity contribution in [3.63, 3.8) is 0 Å². The van der Waals surface area contributed by atoms with E-state index in [2.05, 4.69) is 20.7 Å². The van der Waals surface area contributed by atoms with E-state index in [-0.39, 0.29) is 22.1 Å². The molecule has 0 aliphatic carbocycles. The van der Waals surface area contributed by atoms with Crippen molar-refractivity contribution >= 4 is 31.6 Å². The monoisotopic (exact) mass is 357 g/mol. The standard InChI is InChI=1S/C13H12BrNO4S/c1-19-13-6-5-10(8-12(13)16)15-20(17,18)11-4-2-3-9(14)7-11/h2-8,15-16H,1H3. The number of hydrogen-bond donors (Lipinski definition) is 2. The summed E-state index contributed by atoms with van der Waals surface area (Å²) in [5, 5.41) is 9.64. The fourth-order valence-corrected chi connectivity index (χ4v) is 3.25. The lowest BCUT2D eigenvalue weighted by atomic mass is 10.3. The quantitative estimate of drug-likeness (QED) is 0.881. The second-order valence-electron chi connectivity index (χ2n) is 3.95. The van der Waals surface area contributed by atoms with Gasteiger partial charge in [0.15, 0.2) is 11.5 Å². The molecule has 20 heavy (non-hydrogen) atoms. The van der Waals surface area contributed by atoms with Crippen molar-refractivity contribution in [2.45, 2.75) is 4.90 Å². The largest absolute Gasteiger partial charge is 0.504 e. The van der Waals surface area contributed by atoms with E-state index >= 15 is 0 Å². The van der Waals surface area contributed by atoms with E-state index < -0.39 is 10.0 Å². The second kappa shape index (κ2) is 5.72. The summed E-state index contributed by atoms with van der Waals surface area (Å²) >= 11 is 3.22. The molecule has 0 radical (unpaired) electrons. The fourth-order valence-electron chi connectivity index (χ4n) is 1.60. The Bertz CT molecular complexity index is 731. The maximum absolute atomic E-state index is 12.2. The number of phenols is 1. The maximum atomic E-state index is 12.2. The highest BCUT2D eigenvalue weighted by atomic mass is 79.9. The first kappa shape index (κ1) is 14.7. The summed E-state index contributed by atoms with van der Waals surface area (Å²) in [5.41, 5.74) is 0.253. The van der Waals surface area contributed by atoms with Crippen molar-refractivity contribution in [3.05, 3.63) is 46.9 Å². The lowest BCUT2D eigenvalue weighted by Crippen LogP contribution is -2.12. The van der Waals surface area contributed by atoms with E-state index in [9.17, 15) is 13.5 Å². The van der Waals surface area contributed by atoms with Crippen LogP contribution in [0.3, 0.4) is 0 Å². The van der Waals surface area contributed by atoms with Gasteiger partial charge < -0.3 is 9.84 Å². The van der Waals surface area contributed by atoms with Gasteiger partial charge in [0, 0.05) is 10.5 Å². The molecule has 7 heteroatoms. The van der Waals surface area contributed by atoms with Crippen LogP contribution in [0.15, 0.2) is 51.8 Å². The highest BCUT2D eigenvalue weighted by Gasteiger charge is 2.15. The molecule has 0 atom stereocenters. The number of aromatic hydroxyl groups is 1. The smallest absolute Gasteiger partial charge is 0.261 e. The fraction of sp³-hybridized carbons (Fsp3) is 0.0769. The van der Waals surface area contributed by atoms with Gasteiger partial charge in [-0.2, -0.15) is 0 Å². The first-order valence-corrected chi connectivity index (χ1v) is 7.85. The molecule has 2 aromatic carbocycles. The van der Waals surface area contributed by atoms with Crippen LogP contribution in [-0.4, -0.2) is 20.6 Å². The van der Waals surface area contributed by atoms with E-state index in [1.165, 1.54) is 37.4 Å². The average molecular weight is 358 g/mol. The van der Waals surface area contributed by atoms with Gasteiger partial charge in [-0.3, -0.25) is 4.72 Å². The van der Waals surface area contributed by atoms with Crippen molar-refractivity contribution in [3.8, 4) is 11.5 Å². The van der Waals surface area contributed by atoms with Crippen LogP contribution >= 0.6 is 15.9 Å². The Labute approximate surface area is 125 Å². The molecule has 0 aliphatic heterocycles. The summed E-state index contributed by atoms with van der Waals surface area (Å²) in [6.07, 6.45) is 0. The SMILES string of the molecule is COc1ccc(NS(=O)(=O)c2cccc(Br)c2)cc1O. The van der Waals surface area contributed by atoms with Gasteiger partial charge in [0.05, 0.1) is 17.7 Å². The second-order valence-corrected chi connectivity index (χ2v) is 6.55. The van der Waals surface area contributed by atoms with Gasteiger partial charge in [0.1, 0.15) is 0 Å². The van der Waals surface area contributed by atoms with Gasteiger partial charge in [-0.1, -0.05) is 22.0 Å². The van der Waals surface area contributed by atoms with E-state index in [0.717, 1.165) is 0 Å². The summed E-state index contributed by atoms with van der Waals surface area (Å²) in [5.74, 6) is 0.136. The first-order valence-electron chi connectivity index (χ1n) is 5.58. The first-order chi connectivity index (χ1) is 9.42. The molecule has 106 valence electrons. The summed E-state index contributed by atoms with van der Waals surface area (Å²) in [7, 11) is -2.29. The number of benzene rings is 2. The zero-order valence-electron chi connectivity index (χ0n) is 10.5. The summed E-state index contributed by atoms with van der Waals surface area (Å²) < 4.78 is 32.3. The lowest BCUT2D eigenvalue weighted by Gasteiger charge is -2.10. The third-order valence-electron chi connectivity index (χ3n) is 2.54. The van der Waals surface area contributed by atoms with Crippen LogP contribution in [0.1, 0.15) is 0 Å². The molecule has 0 spiro atoms. The molecular formula is C13H12BrNO4S. The topological polar surface area (TPSA) is 75.6 Å². The highest BCUT2D eigenvalue weighted by Crippen LogP contribution is 2.29. The molecule has 2 N–H and O–H groups in total. The molecule has 5 nitrogen and oxygen atoms in total. The Kier molecular flexibility index (Phi) is 4.20. The Morgan fingerprint density at radius 2 is 1.95 bits per heavy atom. The minimum Gasteiger partial charge on any atom is -0.504 e. The van der Waals surface area contributed by atoms with Gasteiger partial charge in [0.2, 0.25) is 0 Å². The van der Waals surface area contributed by atoms with E-state index in [0.29, 0.717) is 4.47 Å². The number of halogens is 1. The van der Waals surface area contributed by atoms with Gasteiger partial charge in [-0.25, -0.2) is 8.42 Å². The third kappa shape index (κ3) is 3.23. The van der Waals surface area contributed by atoms with E-state index in [1.54, 1.807) is 12.1 Å².